The normalized spacial score (nSPS) is 17.4. The number of hydrogen-bond donors (Lipinski definition) is 1. The predicted octanol–water partition coefficient (Wildman–Crippen LogP) is 4.50. The van der Waals surface area contributed by atoms with E-state index in [-0.39, 0.29) is 6.04 Å². The third-order valence-electron chi connectivity index (χ3n) is 4.45. The molecule has 0 aliphatic heterocycles. The molecule has 0 saturated heterocycles. The zero-order chi connectivity index (χ0) is 14.5. The first-order chi connectivity index (χ1) is 9.65. The molecular formula is C17H27BrN2. The van der Waals surface area contributed by atoms with Gasteiger partial charge in [-0.15, -0.1) is 0 Å². The molecule has 0 heterocycles. The molecule has 2 nitrogen and oxygen atoms in total. The summed E-state index contributed by atoms with van der Waals surface area (Å²) in [6, 6.07) is 7.75. The van der Waals surface area contributed by atoms with Gasteiger partial charge < -0.3 is 10.6 Å². The third kappa shape index (κ3) is 3.76. The lowest BCUT2D eigenvalue weighted by Gasteiger charge is -2.31. The second-order valence-electron chi connectivity index (χ2n) is 5.88. The van der Waals surface area contributed by atoms with Gasteiger partial charge in [-0.05, 0) is 66.2 Å². The number of nitrogens with zero attached hydrogens (tertiary/aromatic N) is 1. The van der Waals surface area contributed by atoms with Crippen LogP contribution in [0.15, 0.2) is 22.7 Å². The third-order valence-corrected chi connectivity index (χ3v) is 5.09. The topological polar surface area (TPSA) is 29.3 Å². The maximum Gasteiger partial charge on any atom is 0.0513 e. The molecule has 112 valence electrons. The Bertz CT molecular complexity index is 427. The second-order valence-corrected chi connectivity index (χ2v) is 6.74. The maximum absolute atomic E-state index is 6.05. The van der Waals surface area contributed by atoms with Crippen molar-refractivity contribution in [1.29, 1.82) is 0 Å². The number of benzene rings is 1. The summed E-state index contributed by atoms with van der Waals surface area (Å²) in [6.07, 6.45) is 7.42. The summed E-state index contributed by atoms with van der Waals surface area (Å²) < 4.78 is 1.21. The summed E-state index contributed by atoms with van der Waals surface area (Å²) in [5.41, 5.74) is 8.72. The molecule has 1 aromatic carbocycles. The Kier molecular flexibility index (Phi) is 5.91. The molecule has 0 aromatic heterocycles. The summed E-state index contributed by atoms with van der Waals surface area (Å²) in [6.45, 7) is 5.48. The number of rotatable bonds is 6. The van der Waals surface area contributed by atoms with Crippen LogP contribution in [0.5, 0.6) is 0 Å². The van der Waals surface area contributed by atoms with E-state index in [9.17, 15) is 0 Å². The summed E-state index contributed by atoms with van der Waals surface area (Å²) in [5.74, 6) is 0. The Morgan fingerprint density at radius 3 is 2.55 bits per heavy atom. The molecule has 2 rings (SSSR count). The molecule has 1 atom stereocenters. The number of halogens is 1. The molecule has 20 heavy (non-hydrogen) atoms. The average Bonchev–Trinajstić information content (AvgIpc) is 2.96. The highest BCUT2D eigenvalue weighted by Crippen LogP contribution is 2.33. The van der Waals surface area contributed by atoms with Gasteiger partial charge in [0.05, 0.1) is 5.69 Å². The molecule has 0 amide bonds. The van der Waals surface area contributed by atoms with Crippen molar-refractivity contribution in [2.45, 2.75) is 64.5 Å². The SMILES string of the molecule is CCC(N)Cc1ccc(N(CC)C2CCCC2)c(Br)c1. The van der Waals surface area contributed by atoms with Gasteiger partial charge in [0.1, 0.15) is 0 Å². The van der Waals surface area contributed by atoms with Crippen LogP contribution in [0.25, 0.3) is 0 Å². The highest BCUT2D eigenvalue weighted by atomic mass is 79.9. The van der Waals surface area contributed by atoms with E-state index >= 15 is 0 Å². The lowest BCUT2D eigenvalue weighted by molar-refractivity contribution is 0.618. The number of anilines is 1. The number of nitrogens with two attached hydrogens (primary N) is 1. The maximum atomic E-state index is 6.05. The second kappa shape index (κ2) is 7.46. The predicted molar refractivity (Wildman–Crippen MR) is 91.4 cm³/mol. The van der Waals surface area contributed by atoms with E-state index in [0.29, 0.717) is 0 Å². The van der Waals surface area contributed by atoms with E-state index in [1.54, 1.807) is 0 Å². The average molecular weight is 339 g/mol. The Labute approximate surface area is 131 Å². The van der Waals surface area contributed by atoms with Gasteiger partial charge in [-0.25, -0.2) is 0 Å². The minimum Gasteiger partial charge on any atom is -0.368 e. The molecule has 0 bridgehead atoms. The molecule has 1 unspecified atom stereocenters. The lowest BCUT2D eigenvalue weighted by atomic mass is 10.0. The van der Waals surface area contributed by atoms with Gasteiger partial charge in [-0.3, -0.25) is 0 Å². The molecule has 1 aliphatic carbocycles. The summed E-state index contributed by atoms with van der Waals surface area (Å²) in [7, 11) is 0. The molecule has 2 N–H and O–H groups in total. The largest absolute Gasteiger partial charge is 0.368 e. The fourth-order valence-corrected chi connectivity index (χ4v) is 3.85. The molecule has 3 heteroatoms. The first-order valence-corrected chi connectivity index (χ1v) is 8.75. The highest BCUT2D eigenvalue weighted by molar-refractivity contribution is 9.10. The molecule has 1 aromatic rings. The van der Waals surface area contributed by atoms with Crippen LogP contribution in [0.3, 0.4) is 0 Å². The minimum absolute atomic E-state index is 0.268. The van der Waals surface area contributed by atoms with Gasteiger partial charge >= 0.3 is 0 Å². The summed E-state index contributed by atoms with van der Waals surface area (Å²) in [5, 5.41) is 0. The van der Waals surface area contributed by atoms with Crippen molar-refractivity contribution in [2.75, 3.05) is 11.4 Å². The first-order valence-electron chi connectivity index (χ1n) is 7.96. The van der Waals surface area contributed by atoms with E-state index in [1.165, 1.54) is 41.4 Å². The van der Waals surface area contributed by atoms with Crippen molar-refractivity contribution in [2.24, 2.45) is 5.73 Å². The van der Waals surface area contributed by atoms with Crippen molar-refractivity contribution in [3.05, 3.63) is 28.2 Å². The first kappa shape index (κ1) is 15.8. The van der Waals surface area contributed by atoms with Crippen molar-refractivity contribution in [3.8, 4) is 0 Å². The number of hydrogen-bond acceptors (Lipinski definition) is 2. The molecule has 0 radical (unpaired) electrons. The fourth-order valence-electron chi connectivity index (χ4n) is 3.20. The molecular weight excluding hydrogens is 312 g/mol. The van der Waals surface area contributed by atoms with E-state index in [2.05, 4.69) is 52.9 Å². The van der Waals surface area contributed by atoms with Crippen molar-refractivity contribution >= 4 is 21.6 Å². The minimum atomic E-state index is 0.268. The van der Waals surface area contributed by atoms with Crippen LogP contribution >= 0.6 is 15.9 Å². The van der Waals surface area contributed by atoms with Gasteiger partial charge in [0, 0.05) is 23.1 Å². The molecule has 1 saturated carbocycles. The Balaban J connectivity index is 2.15. The van der Waals surface area contributed by atoms with Crippen LogP contribution in [0.2, 0.25) is 0 Å². The van der Waals surface area contributed by atoms with Crippen molar-refractivity contribution in [3.63, 3.8) is 0 Å². The van der Waals surface area contributed by atoms with Crippen molar-refractivity contribution in [1.82, 2.24) is 0 Å². The van der Waals surface area contributed by atoms with Gasteiger partial charge in [-0.1, -0.05) is 25.8 Å². The fraction of sp³-hybridized carbons (Fsp3) is 0.647. The van der Waals surface area contributed by atoms with E-state index < -0.39 is 0 Å². The van der Waals surface area contributed by atoms with Gasteiger partial charge in [0.2, 0.25) is 0 Å². The Morgan fingerprint density at radius 2 is 2.00 bits per heavy atom. The molecule has 1 aliphatic rings. The molecule has 1 fully saturated rings. The smallest absolute Gasteiger partial charge is 0.0513 e. The van der Waals surface area contributed by atoms with E-state index in [0.717, 1.165) is 25.4 Å². The van der Waals surface area contributed by atoms with E-state index in [1.807, 2.05) is 0 Å². The van der Waals surface area contributed by atoms with Crippen LogP contribution in [-0.4, -0.2) is 18.6 Å². The Morgan fingerprint density at radius 1 is 1.30 bits per heavy atom. The summed E-state index contributed by atoms with van der Waals surface area (Å²) in [4.78, 5) is 2.56. The summed E-state index contributed by atoms with van der Waals surface area (Å²) >= 11 is 3.77. The van der Waals surface area contributed by atoms with E-state index in [4.69, 9.17) is 5.73 Å². The van der Waals surface area contributed by atoms with Crippen LogP contribution in [0, 0.1) is 0 Å². The quantitative estimate of drug-likeness (QED) is 0.827. The van der Waals surface area contributed by atoms with Crippen LogP contribution in [0.1, 0.15) is 51.5 Å². The standard InChI is InChI=1S/C17H27BrN2/c1-3-14(19)11-13-9-10-17(16(18)12-13)20(4-2)15-7-5-6-8-15/h9-10,12,14-15H,3-8,11,19H2,1-2H3. The van der Waals surface area contributed by atoms with Gasteiger partial charge in [0.25, 0.3) is 0 Å². The van der Waals surface area contributed by atoms with Crippen LogP contribution < -0.4 is 10.6 Å². The zero-order valence-electron chi connectivity index (χ0n) is 12.7. The Hall–Kier alpha value is -0.540. The highest BCUT2D eigenvalue weighted by Gasteiger charge is 2.23. The van der Waals surface area contributed by atoms with Gasteiger partial charge in [0.15, 0.2) is 0 Å². The van der Waals surface area contributed by atoms with Gasteiger partial charge in [-0.2, -0.15) is 0 Å². The van der Waals surface area contributed by atoms with Crippen molar-refractivity contribution < 1.29 is 0 Å². The monoisotopic (exact) mass is 338 g/mol. The molecule has 0 spiro atoms. The lowest BCUT2D eigenvalue weighted by Crippen LogP contribution is -2.33. The van der Waals surface area contributed by atoms with Crippen LogP contribution in [-0.2, 0) is 6.42 Å². The zero-order valence-corrected chi connectivity index (χ0v) is 14.3. The van der Waals surface area contributed by atoms with Crippen LogP contribution in [0.4, 0.5) is 5.69 Å².